The van der Waals surface area contributed by atoms with E-state index in [1.807, 2.05) is 13.8 Å². The van der Waals surface area contributed by atoms with E-state index in [1.165, 1.54) is 0 Å². The molecule has 0 radical (unpaired) electrons. The monoisotopic (exact) mass is 308 g/mol. The molecule has 0 fully saturated rings. The Bertz CT molecular complexity index is 464. The lowest BCUT2D eigenvalue weighted by atomic mass is 10.2. The molecule has 0 bridgehead atoms. The molecule has 0 saturated carbocycles. The van der Waals surface area contributed by atoms with Crippen molar-refractivity contribution in [3.8, 4) is 5.75 Å². The first kappa shape index (κ1) is 18.0. The van der Waals surface area contributed by atoms with E-state index in [-0.39, 0.29) is 18.0 Å². The summed E-state index contributed by atoms with van der Waals surface area (Å²) in [5, 5.41) is 0. The maximum Gasteiger partial charge on any atom is 0.338 e. The second-order valence-corrected chi connectivity index (χ2v) is 5.11. The molecular weight excluding hydrogens is 284 g/mol. The van der Waals surface area contributed by atoms with Crippen LogP contribution in [0.3, 0.4) is 0 Å². The largest absolute Gasteiger partial charge is 0.494 e. The van der Waals surface area contributed by atoms with Crippen molar-refractivity contribution in [1.82, 2.24) is 0 Å². The van der Waals surface area contributed by atoms with Gasteiger partial charge in [-0.15, -0.1) is 0 Å². The first-order valence-corrected chi connectivity index (χ1v) is 7.62. The molecule has 0 spiro atoms. The Labute approximate surface area is 131 Å². The summed E-state index contributed by atoms with van der Waals surface area (Å²) in [5.74, 6) is 0.190. The highest BCUT2D eigenvalue weighted by molar-refractivity contribution is 5.89. The second-order valence-electron chi connectivity index (χ2n) is 5.11. The number of unbranched alkanes of at least 4 members (excludes halogenated alkanes) is 1. The van der Waals surface area contributed by atoms with Gasteiger partial charge in [0.15, 0.2) is 0 Å². The lowest BCUT2D eigenvalue weighted by molar-refractivity contribution is -0.143. The third kappa shape index (κ3) is 7.11. The summed E-state index contributed by atoms with van der Waals surface area (Å²) in [6.45, 7) is 6.36. The van der Waals surface area contributed by atoms with Crippen LogP contribution in [0.5, 0.6) is 5.75 Å². The van der Waals surface area contributed by atoms with Gasteiger partial charge in [-0.2, -0.15) is 0 Å². The van der Waals surface area contributed by atoms with Crippen LogP contribution >= 0.6 is 0 Å². The molecule has 1 aromatic rings. The average molecular weight is 308 g/mol. The first-order valence-electron chi connectivity index (χ1n) is 7.62. The molecule has 0 heterocycles. The lowest BCUT2D eigenvalue weighted by Crippen LogP contribution is -2.11. The van der Waals surface area contributed by atoms with Crippen LogP contribution in [-0.2, 0) is 14.3 Å². The van der Waals surface area contributed by atoms with Gasteiger partial charge in [0.1, 0.15) is 5.75 Å². The number of hydrogen-bond donors (Lipinski definition) is 0. The molecule has 0 aliphatic rings. The molecule has 0 aliphatic carbocycles. The van der Waals surface area contributed by atoms with Crippen molar-refractivity contribution in [2.75, 3.05) is 13.2 Å². The quantitative estimate of drug-likeness (QED) is 0.517. The Morgan fingerprint density at radius 3 is 2.27 bits per heavy atom. The SMILES string of the molecule is CCC(=O)OCCCCOc1ccc(C(=O)OC(C)C)cc1. The number of ether oxygens (including phenoxy) is 3. The topological polar surface area (TPSA) is 61.8 Å². The van der Waals surface area contributed by atoms with Gasteiger partial charge in [0, 0.05) is 6.42 Å². The summed E-state index contributed by atoms with van der Waals surface area (Å²) in [6.07, 6.45) is 1.84. The number of rotatable bonds is 9. The fraction of sp³-hybridized carbons (Fsp3) is 0.529. The van der Waals surface area contributed by atoms with E-state index in [4.69, 9.17) is 14.2 Å². The van der Waals surface area contributed by atoms with Gasteiger partial charge in [-0.25, -0.2) is 4.79 Å². The maximum atomic E-state index is 11.7. The molecular formula is C17H24O5. The van der Waals surface area contributed by atoms with Crippen molar-refractivity contribution in [2.24, 2.45) is 0 Å². The van der Waals surface area contributed by atoms with Gasteiger partial charge in [0.05, 0.1) is 24.9 Å². The van der Waals surface area contributed by atoms with E-state index in [1.54, 1.807) is 31.2 Å². The van der Waals surface area contributed by atoms with Crippen molar-refractivity contribution in [2.45, 2.75) is 46.1 Å². The summed E-state index contributed by atoms with van der Waals surface area (Å²) in [7, 11) is 0. The average Bonchev–Trinajstić information content (AvgIpc) is 2.50. The molecule has 122 valence electrons. The standard InChI is InChI=1S/C17H24O5/c1-4-16(18)21-12-6-5-11-20-15-9-7-14(8-10-15)17(19)22-13(2)3/h7-10,13H,4-6,11-12H2,1-3H3. The minimum Gasteiger partial charge on any atom is -0.494 e. The predicted molar refractivity (Wildman–Crippen MR) is 83.0 cm³/mol. The van der Waals surface area contributed by atoms with Gasteiger partial charge < -0.3 is 14.2 Å². The maximum absolute atomic E-state index is 11.7. The molecule has 1 aromatic carbocycles. The highest BCUT2D eigenvalue weighted by atomic mass is 16.5. The van der Waals surface area contributed by atoms with E-state index >= 15 is 0 Å². The number of carbonyl (C=O) groups excluding carboxylic acids is 2. The van der Waals surface area contributed by atoms with Crippen LogP contribution in [0.15, 0.2) is 24.3 Å². The molecule has 0 amide bonds. The Kier molecular flexibility index (Phi) is 8.04. The van der Waals surface area contributed by atoms with Gasteiger partial charge in [0.2, 0.25) is 0 Å². The van der Waals surface area contributed by atoms with Gasteiger partial charge in [-0.05, 0) is 51.0 Å². The Morgan fingerprint density at radius 1 is 1.05 bits per heavy atom. The van der Waals surface area contributed by atoms with Crippen LogP contribution in [-0.4, -0.2) is 31.3 Å². The highest BCUT2D eigenvalue weighted by Gasteiger charge is 2.08. The third-order valence-electron chi connectivity index (χ3n) is 2.79. The zero-order valence-corrected chi connectivity index (χ0v) is 13.5. The summed E-state index contributed by atoms with van der Waals surface area (Å²) < 4.78 is 15.6. The first-order chi connectivity index (χ1) is 10.5. The molecule has 1 rings (SSSR count). The van der Waals surface area contributed by atoms with Crippen molar-refractivity contribution in [1.29, 1.82) is 0 Å². The van der Waals surface area contributed by atoms with E-state index in [2.05, 4.69) is 0 Å². The molecule has 5 nitrogen and oxygen atoms in total. The summed E-state index contributed by atoms with van der Waals surface area (Å²) in [5.41, 5.74) is 0.507. The molecule has 0 unspecified atom stereocenters. The summed E-state index contributed by atoms with van der Waals surface area (Å²) in [6, 6.07) is 6.86. The molecule has 0 aromatic heterocycles. The highest BCUT2D eigenvalue weighted by Crippen LogP contribution is 2.14. The summed E-state index contributed by atoms with van der Waals surface area (Å²) in [4.78, 5) is 22.6. The molecule has 0 N–H and O–H groups in total. The number of benzene rings is 1. The van der Waals surface area contributed by atoms with E-state index in [0.717, 1.165) is 12.8 Å². The van der Waals surface area contributed by atoms with Gasteiger partial charge >= 0.3 is 11.9 Å². The minimum atomic E-state index is -0.334. The Hall–Kier alpha value is -2.04. The van der Waals surface area contributed by atoms with Gasteiger partial charge in [-0.3, -0.25) is 4.79 Å². The van der Waals surface area contributed by atoms with Crippen LogP contribution < -0.4 is 4.74 Å². The molecule has 0 saturated heterocycles. The second kappa shape index (κ2) is 9.82. The fourth-order valence-electron chi connectivity index (χ4n) is 1.65. The smallest absolute Gasteiger partial charge is 0.338 e. The Balaban J connectivity index is 2.24. The van der Waals surface area contributed by atoms with Crippen LogP contribution in [0.2, 0.25) is 0 Å². The normalized spacial score (nSPS) is 10.4. The number of hydrogen-bond acceptors (Lipinski definition) is 5. The van der Waals surface area contributed by atoms with Crippen LogP contribution in [0.1, 0.15) is 50.4 Å². The predicted octanol–water partition coefficient (Wildman–Crippen LogP) is 3.36. The number of esters is 2. The third-order valence-corrected chi connectivity index (χ3v) is 2.79. The van der Waals surface area contributed by atoms with Gasteiger partial charge in [-0.1, -0.05) is 6.92 Å². The van der Waals surface area contributed by atoms with E-state index < -0.39 is 0 Å². The van der Waals surface area contributed by atoms with Crippen molar-refractivity contribution in [3.05, 3.63) is 29.8 Å². The van der Waals surface area contributed by atoms with E-state index in [0.29, 0.717) is 30.9 Å². The van der Waals surface area contributed by atoms with Crippen LogP contribution in [0.25, 0.3) is 0 Å². The van der Waals surface area contributed by atoms with Crippen LogP contribution in [0, 0.1) is 0 Å². The van der Waals surface area contributed by atoms with Crippen LogP contribution in [0.4, 0.5) is 0 Å². The van der Waals surface area contributed by atoms with E-state index in [9.17, 15) is 9.59 Å². The molecule has 5 heteroatoms. The molecule has 22 heavy (non-hydrogen) atoms. The Morgan fingerprint density at radius 2 is 1.68 bits per heavy atom. The zero-order chi connectivity index (χ0) is 16.4. The minimum absolute atomic E-state index is 0.134. The van der Waals surface area contributed by atoms with Crippen molar-refractivity contribution < 1.29 is 23.8 Å². The molecule has 0 atom stereocenters. The van der Waals surface area contributed by atoms with Crippen molar-refractivity contribution >= 4 is 11.9 Å². The lowest BCUT2D eigenvalue weighted by Gasteiger charge is -2.09. The molecule has 0 aliphatic heterocycles. The summed E-state index contributed by atoms with van der Waals surface area (Å²) >= 11 is 0. The van der Waals surface area contributed by atoms with Crippen molar-refractivity contribution in [3.63, 3.8) is 0 Å². The zero-order valence-electron chi connectivity index (χ0n) is 13.5. The van der Waals surface area contributed by atoms with Gasteiger partial charge in [0.25, 0.3) is 0 Å². The number of carbonyl (C=O) groups is 2. The fourth-order valence-corrected chi connectivity index (χ4v) is 1.65.